The van der Waals surface area contributed by atoms with Crippen LogP contribution < -0.4 is 0 Å². The molecule has 152 valence electrons. The van der Waals surface area contributed by atoms with Crippen LogP contribution in [0.4, 0.5) is 4.79 Å². The molecule has 2 bridgehead atoms. The number of ether oxygens (including phenoxy) is 1. The van der Waals surface area contributed by atoms with E-state index in [9.17, 15) is 4.79 Å². The fraction of sp³-hybridized carbons (Fsp3) is 0.308. The third kappa shape index (κ3) is 3.47. The first-order valence-electron chi connectivity index (χ1n) is 10.7. The maximum absolute atomic E-state index is 12.9. The number of piperidine rings is 1. The number of aromatic nitrogens is 1. The Morgan fingerprint density at radius 3 is 2.80 bits per heavy atom. The van der Waals surface area contributed by atoms with Gasteiger partial charge in [0.15, 0.2) is 0 Å². The van der Waals surface area contributed by atoms with Crippen LogP contribution in [0.3, 0.4) is 0 Å². The Morgan fingerprint density at radius 1 is 1.10 bits per heavy atom. The highest BCUT2D eigenvalue weighted by atomic mass is 16.6. The van der Waals surface area contributed by atoms with Gasteiger partial charge in [-0.25, -0.2) is 4.79 Å². The molecule has 0 N–H and O–H groups in total. The Balaban J connectivity index is 1.40. The van der Waals surface area contributed by atoms with Crippen LogP contribution in [-0.2, 0) is 11.3 Å². The molecule has 0 saturated carbocycles. The minimum absolute atomic E-state index is 0.106. The van der Waals surface area contributed by atoms with Gasteiger partial charge in [-0.2, -0.15) is 0 Å². The molecule has 2 aliphatic heterocycles. The van der Waals surface area contributed by atoms with Gasteiger partial charge < -0.3 is 4.74 Å². The topological polar surface area (TPSA) is 42.4 Å². The molecule has 0 aliphatic carbocycles. The zero-order chi connectivity index (χ0) is 20.5. The predicted molar refractivity (Wildman–Crippen MR) is 119 cm³/mol. The summed E-state index contributed by atoms with van der Waals surface area (Å²) in [5.41, 5.74) is 5.89. The molecule has 2 atom stereocenters. The minimum Gasteiger partial charge on any atom is -0.445 e. The molecule has 0 spiro atoms. The Labute approximate surface area is 177 Å². The first-order chi connectivity index (χ1) is 14.7. The van der Waals surface area contributed by atoms with Crippen molar-refractivity contribution in [3.8, 4) is 0 Å². The number of rotatable bonds is 3. The zero-order valence-corrected chi connectivity index (χ0v) is 17.3. The van der Waals surface area contributed by atoms with Crippen LogP contribution in [0.2, 0.25) is 0 Å². The van der Waals surface area contributed by atoms with E-state index in [2.05, 4.69) is 36.2 Å². The summed E-state index contributed by atoms with van der Waals surface area (Å²) in [6.07, 6.45) is 7.99. The average molecular weight is 399 g/mol. The molecular formula is C26H26N2O2. The Morgan fingerprint density at radius 2 is 1.97 bits per heavy atom. The fourth-order valence-corrected chi connectivity index (χ4v) is 4.95. The number of amides is 1. The Kier molecular flexibility index (Phi) is 4.99. The van der Waals surface area contributed by atoms with Gasteiger partial charge >= 0.3 is 6.09 Å². The molecule has 5 rings (SSSR count). The van der Waals surface area contributed by atoms with Crippen LogP contribution in [0.15, 0.2) is 66.9 Å². The molecule has 4 heteroatoms. The summed E-state index contributed by atoms with van der Waals surface area (Å²) in [5.74, 6) is 0. The van der Waals surface area contributed by atoms with Gasteiger partial charge in [0.05, 0.1) is 11.6 Å². The molecule has 4 nitrogen and oxygen atoms in total. The molecule has 2 unspecified atom stereocenters. The first-order valence-corrected chi connectivity index (χ1v) is 10.7. The lowest BCUT2D eigenvalue weighted by Gasteiger charge is -2.44. The van der Waals surface area contributed by atoms with Crippen LogP contribution in [0.25, 0.3) is 16.5 Å². The van der Waals surface area contributed by atoms with E-state index in [1.54, 1.807) is 0 Å². The van der Waals surface area contributed by atoms with Gasteiger partial charge in [-0.05, 0) is 60.9 Å². The van der Waals surface area contributed by atoms with E-state index in [4.69, 9.17) is 4.74 Å². The third-order valence-electron chi connectivity index (χ3n) is 6.43. The van der Waals surface area contributed by atoms with Gasteiger partial charge in [0.1, 0.15) is 6.61 Å². The second-order valence-corrected chi connectivity index (χ2v) is 8.31. The van der Waals surface area contributed by atoms with Crippen molar-refractivity contribution in [2.24, 2.45) is 0 Å². The van der Waals surface area contributed by atoms with Gasteiger partial charge in [0.2, 0.25) is 0 Å². The summed E-state index contributed by atoms with van der Waals surface area (Å²) in [6.45, 7) is 2.48. The van der Waals surface area contributed by atoms with Crippen molar-refractivity contribution in [3.63, 3.8) is 0 Å². The lowest BCUT2D eigenvalue weighted by Crippen LogP contribution is -2.51. The van der Waals surface area contributed by atoms with Crippen molar-refractivity contribution >= 4 is 22.6 Å². The molecular weight excluding hydrogens is 372 g/mol. The number of hydrogen-bond donors (Lipinski definition) is 0. The fourth-order valence-electron chi connectivity index (χ4n) is 4.95. The van der Waals surface area contributed by atoms with E-state index < -0.39 is 0 Å². The largest absolute Gasteiger partial charge is 0.445 e. The summed E-state index contributed by atoms with van der Waals surface area (Å²) < 4.78 is 5.67. The van der Waals surface area contributed by atoms with Gasteiger partial charge in [-0.1, -0.05) is 54.6 Å². The van der Waals surface area contributed by atoms with Crippen LogP contribution in [0.1, 0.15) is 42.4 Å². The molecule has 0 radical (unpaired) electrons. The van der Waals surface area contributed by atoms with E-state index in [0.29, 0.717) is 6.61 Å². The molecule has 1 aromatic heterocycles. The molecule has 30 heavy (non-hydrogen) atoms. The predicted octanol–water partition coefficient (Wildman–Crippen LogP) is 5.89. The molecule has 3 heterocycles. The zero-order valence-electron chi connectivity index (χ0n) is 17.3. The average Bonchev–Trinajstić information content (AvgIpc) is 2.78. The first kappa shape index (κ1) is 18.9. The summed E-state index contributed by atoms with van der Waals surface area (Å²) >= 11 is 0. The SMILES string of the molecule is Cc1c(C2=CC3CCCC(C2)N3C(=O)OCc2ccccc2)ccc2cccnc12. The second kappa shape index (κ2) is 7.94. The molecule has 3 aromatic rings. The summed E-state index contributed by atoms with van der Waals surface area (Å²) in [5, 5.41) is 1.17. The molecule has 1 fully saturated rings. The Bertz CT molecular complexity index is 1110. The smallest absolute Gasteiger partial charge is 0.410 e. The summed E-state index contributed by atoms with van der Waals surface area (Å²) in [4.78, 5) is 19.5. The number of pyridine rings is 1. The van der Waals surface area contributed by atoms with Crippen molar-refractivity contribution in [2.75, 3.05) is 0 Å². The highest BCUT2D eigenvalue weighted by Gasteiger charge is 2.38. The quantitative estimate of drug-likeness (QED) is 0.552. The van der Waals surface area contributed by atoms with E-state index in [0.717, 1.165) is 36.8 Å². The van der Waals surface area contributed by atoms with Gasteiger partial charge in [-0.3, -0.25) is 9.88 Å². The second-order valence-electron chi connectivity index (χ2n) is 8.31. The minimum atomic E-state index is -0.194. The van der Waals surface area contributed by atoms with E-state index in [1.807, 2.05) is 47.5 Å². The van der Waals surface area contributed by atoms with Crippen LogP contribution >= 0.6 is 0 Å². The van der Waals surface area contributed by atoms with Crippen LogP contribution in [-0.4, -0.2) is 28.1 Å². The van der Waals surface area contributed by atoms with Crippen molar-refractivity contribution in [1.82, 2.24) is 9.88 Å². The van der Waals surface area contributed by atoms with Crippen molar-refractivity contribution < 1.29 is 9.53 Å². The number of nitrogens with zero attached hydrogens (tertiary/aromatic N) is 2. The number of hydrogen-bond acceptors (Lipinski definition) is 3. The summed E-state index contributed by atoms with van der Waals surface area (Å²) in [6, 6.07) is 18.6. The highest BCUT2D eigenvalue weighted by molar-refractivity contribution is 5.87. The van der Waals surface area contributed by atoms with E-state index in [1.165, 1.54) is 22.1 Å². The van der Waals surface area contributed by atoms with E-state index >= 15 is 0 Å². The number of benzene rings is 2. The van der Waals surface area contributed by atoms with Crippen LogP contribution in [0.5, 0.6) is 0 Å². The lowest BCUT2D eigenvalue weighted by atomic mass is 9.82. The molecule has 1 amide bonds. The molecule has 2 aromatic carbocycles. The summed E-state index contributed by atoms with van der Waals surface area (Å²) in [7, 11) is 0. The van der Waals surface area contributed by atoms with Gasteiger partial charge in [-0.15, -0.1) is 0 Å². The van der Waals surface area contributed by atoms with Crippen LogP contribution in [0, 0.1) is 6.92 Å². The normalized spacial score (nSPS) is 20.7. The monoisotopic (exact) mass is 398 g/mol. The maximum Gasteiger partial charge on any atom is 0.410 e. The number of carbonyl (C=O) groups excluding carboxylic acids is 1. The Hall–Kier alpha value is -3.14. The standard InChI is InChI=1S/C26H26N2O2/c1-18-24(13-12-20-9-6-14-27-25(18)20)21-15-22-10-5-11-23(16-21)28(22)26(29)30-17-19-7-3-2-4-8-19/h2-4,6-9,12-15,22-23H,5,10-11,16-17H2,1H3. The molecule has 2 aliphatic rings. The van der Waals surface area contributed by atoms with Crippen molar-refractivity contribution in [2.45, 2.75) is 51.3 Å². The van der Waals surface area contributed by atoms with Gasteiger partial charge in [0.25, 0.3) is 0 Å². The lowest BCUT2D eigenvalue weighted by molar-refractivity contribution is 0.0510. The molecule has 1 saturated heterocycles. The maximum atomic E-state index is 12.9. The van der Waals surface area contributed by atoms with Crippen molar-refractivity contribution in [1.29, 1.82) is 0 Å². The van der Waals surface area contributed by atoms with Crippen molar-refractivity contribution in [3.05, 3.63) is 83.6 Å². The number of aryl methyl sites for hydroxylation is 1. The highest BCUT2D eigenvalue weighted by Crippen LogP contribution is 2.39. The number of carbonyl (C=O) groups is 1. The van der Waals surface area contributed by atoms with Gasteiger partial charge in [0, 0.05) is 17.6 Å². The number of fused-ring (bicyclic) bond motifs is 3. The van der Waals surface area contributed by atoms with E-state index in [-0.39, 0.29) is 18.2 Å². The third-order valence-corrected chi connectivity index (χ3v) is 6.43.